The molecule has 1 heterocycles. The first-order valence-corrected chi connectivity index (χ1v) is 6.82. The zero-order chi connectivity index (χ0) is 14.0. The summed E-state index contributed by atoms with van der Waals surface area (Å²) >= 11 is 0. The molecule has 0 saturated carbocycles. The Morgan fingerprint density at radius 3 is 2.74 bits per heavy atom. The van der Waals surface area contributed by atoms with Crippen LogP contribution in [0, 0.1) is 12.8 Å². The van der Waals surface area contributed by atoms with Crippen molar-refractivity contribution < 1.29 is 4.79 Å². The van der Waals surface area contributed by atoms with Gasteiger partial charge in [0.25, 0.3) is 0 Å². The molecule has 2 rings (SSSR count). The van der Waals surface area contributed by atoms with Crippen LogP contribution in [-0.2, 0) is 0 Å². The predicted molar refractivity (Wildman–Crippen MR) is 76.9 cm³/mol. The molecule has 2 amide bonds. The van der Waals surface area contributed by atoms with Gasteiger partial charge >= 0.3 is 6.03 Å². The van der Waals surface area contributed by atoms with Crippen LogP contribution < -0.4 is 5.73 Å². The topological polar surface area (TPSA) is 49.6 Å². The monoisotopic (exact) mass is 261 g/mol. The molecule has 0 bridgehead atoms. The van der Waals surface area contributed by atoms with E-state index < -0.39 is 0 Å². The van der Waals surface area contributed by atoms with E-state index in [4.69, 9.17) is 5.73 Å². The minimum absolute atomic E-state index is 0.105. The number of carbonyl (C=O) groups is 1. The average molecular weight is 261 g/mol. The van der Waals surface area contributed by atoms with Gasteiger partial charge in [0, 0.05) is 20.1 Å². The van der Waals surface area contributed by atoms with Crippen molar-refractivity contribution >= 4 is 6.03 Å². The number of benzene rings is 1. The number of nitrogens with two attached hydrogens (primary N) is 1. The zero-order valence-corrected chi connectivity index (χ0v) is 12.0. The van der Waals surface area contributed by atoms with Gasteiger partial charge in [0.1, 0.15) is 0 Å². The summed E-state index contributed by atoms with van der Waals surface area (Å²) in [5.74, 6) is 0.341. The molecule has 0 aliphatic carbocycles. The quantitative estimate of drug-likeness (QED) is 0.901. The van der Waals surface area contributed by atoms with E-state index in [9.17, 15) is 4.79 Å². The Hall–Kier alpha value is -1.55. The molecule has 1 aliphatic rings. The summed E-state index contributed by atoms with van der Waals surface area (Å²) in [6.07, 6.45) is 0. The normalized spacial score (nSPS) is 21.1. The van der Waals surface area contributed by atoms with Crippen LogP contribution in [0.5, 0.6) is 0 Å². The Bertz CT molecular complexity index is 460. The van der Waals surface area contributed by atoms with Crippen LogP contribution >= 0.6 is 0 Å². The molecule has 1 fully saturated rings. The predicted octanol–water partition coefficient (Wildman–Crippen LogP) is 2.00. The maximum absolute atomic E-state index is 12.3. The number of aryl methyl sites for hydroxylation is 1. The van der Waals surface area contributed by atoms with Crippen LogP contribution in [0.15, 0.2) is 24.3 Å². The standard InChI is InChI=1S/C15H23N3O/c1-11(8-16)9-18-10-14(17(3)15(18)19)13-7-5-4-6-12(13)2/h4-7,11,14H,8-10,16H2,1-3H3. The van der Waals surface area contributed by atoms with Gasteiger partial charge in [-0.1, -0.05) is 31.2 Å². The number of likely N-dealkylation sites (N-methyl/N-ethyl adjacent to an activating group) is 1. The SMILES string of the molecule is Cc1ccccc1C1CN(CC(C)CN)C(=O)N1C. The number of hydrogen-bond donors (Lipinski definition) is 1. The maximum Gasteiger partial charge on any atom is 0.320 e. The zero-order valence-electron chi connectivity index (χ0n) is 12.0. The Morgan fingerprint density at radius 2 is 2.11 bits per heavy atom. The molecule has 2 N–H and O–H groups in total. The van der Waals surface area contributed by atoms with E-state index in [0.717, 1.165) is 13.1 Å². The second kappa shape index (κ2) is 5.61. The van der Waals surface area contributed by atoms with Crippen LogP contribution in [0.4, 0.5) is 4.79 Å². The van der Waals surface area contributed by atoms with Crippen molar-refractivity contribution in [3.8, 4) is 0 Å². The molecule has 19 heavy (non-hydrogen) atoms. The highest BCUT2D eigenvalue weighted by molar-refractivity contribution is 5.77. The fourth-order valence-corrected chi connectivity index (χ4v) is 2.64. The maximum atomic E-state index is 12.3. The van der Waals surface area contributed by atoms with E-state index in [0.29, 0.717) is 12.5 Å². The number of urea groups is 1. The molecule has 4 heteroatoms. The largest absolute Gasteiger partial charge is 0.330 e. The molecule has 1 aromatic carbocycles. The van der Waals surface area contributed by atoms with Crippen molar-refractivity contribution in [2.75, 3.05) is 26.7 Å². The molecule has 0 aromatic heterocycles. The number of hydrogen-bond acceptors (Lipinski definition) is 2. The van der Waals surface area contributed by atoms with Gasteiger partial charge in [-0.3, -0.25) is 0 Å². The molecule has 1 saturated heterocycles. The Balaban J connectivity index is 2.17. The second-order valence-electron chi connectivity index (χ2n) is 5.51. The molecule has 1 aromatic rings. The molecule has 4 nitrogen and oxygen atoms in total. The minimum atomic E-state index is 0.105. The summed E-state index contributed by atoms with van der Waals surface area (Å²) in [5.41, 5.74) is 8.12. The molecular formula is C15H23N3O. The highest BCUT2D eigenvalue weighted by atomic mass is 16.2. The van der Waals surface area contributed by atoms with Gasteiger partial charge in [0.2, 0.25) is 0 Å². The first-order valence-electron chi connectivity index (χ1n) is 6.82. The third-order valence-corrected chi connectivity index (χ3v) is 3.91. The molecule has 104 valence electrons. The molecule has 0 radical (unpaired) electrons. The van der Waals surface area contributed by atoms with Crippen molar-refractivity contribution in [3.63, 3.8) is 0 Å². The van der Waals surface area contributed by atoms with E-state index >= 15 is 0 Å². The van der Waals surface area contributed by atoms with Crippen molar-refractivity contribution in [1.82, 2.24) is 9.80 Å². The molecule has 2 atom stereocenters. The van der Waals surface area contributed by atoms with Crippen LogP contribution in [-0.4, -0.2) is 42.5 Å². The summed E-state index contributed by atoms with van der Waals surface area (Å²) in [6, 6.07) is 8.53. The van der Waals surface area contributed by atoms with Crippen LogP contribution in [0.1, 0.15) is 24.1 Å². The highest BCUT2D eigenvalue weighted by Crippen LogP contribution is 2.30. The van der Waals surface area contributed by atoms with E-state index in [1.807, 2.05) is 29.0 Å². The second-order valence-corrected chi connectivity index (χ2v) is 5.51. The number of amides is 2. The van der Waals surface area contributed by atoms with Gasteiger partial charge in [0.05, 0.1) is 6.04 Å². The number of nitrogens with zero attached hydrogens (tertiary/aromatic N) is 2. The van der Waals surface area contributed by atoms with E-state index in [1.54, 1.807) is 0 Å². The van der Waals surface area contributed by atoms with E-state index in [-0.39, 0.29) is 12.1 Å². The molecule has 1 aliphatic heterocycles. The molecular weight excluding hydrogens is 238 g/mol. The lowest BCUT2D eigenvalue weighted by atomic mass is 10.0. The molecule has 0 spiro atoms. The van der Waals surface area contributed by atoms with Crippen molar-refractivity contribution in [1.29, 1.82) is 0 Å². The van der Waals surface area contributed by atoms with E-state index in [2.05, 4.69) is 26.0 Å². The van der Waals surface area contributed by atoms with Gasteiger partial charge in [-0.2, -0.15) is 0 Å². The summed E-state index contributed by atoms with van der Waals surface area (Å²) in [5, 5.41) is 0. The number of rotatable bonds is 4. The third kappa shape index (κ3) is 2.73. The van der Waals surface area contributed by atoms with Gasteiger partial charge in [-0.15, -0.1) is 0 Å². The lowest BCUT2D eigenvalue weighted by Crippen LogP contribution is -2.34. The number of carbonyl (C=O) groups excluding carboxylic acids is 1. The lowest BCUT2D eigenvalue weighted by Gasteiger charge is -2.19. The Morgan fingerprint density at radius 1 is 1.42 bits per heavy atom. The van der Waals surface area contributed by atoms with E-state index in [1.165, 1.54) is 11.1 Å². The Kier molecular flexibility index (Phi) is 4.10. The first-order chi connectivity index (χ1) is 9.04. The van der Waals surface area contributed by atoms with Gasteiger partial charge in [-0.25, -0.2) is 4.79 Å². The van der Waals surface area contributed by atoms with Gasteiger partial charge in [0.15, 0.2) is 0 Å². The van der Waals surface area contributed by atoms with Gasteiger partial charge < -0.3 is 15.5 Å². The van der Waals surface area contributed by atoms with Crippen molar-refractivity contribution in [2.24, 2.45) is 11.7 Å². The van der Waals surface area contributed by atoms with Crippen LogP contribution in [0.2, 0.25) is 0 Å². The Labute approximate surface area is 115 Å². The summed E-state index contributed by atoms with van der Waals surface area (Å²) in [6.45, 7) is 6.28. The highest BCUT2D eigenvalue weighted by Gasteiger charge is 2.36. The van der Waals surface area contributed by atoms with Crippen LogP contribution in [0.3, 0.4) is 0 Å². The fraction of sp³-hybridized carbons (Fsp3) is 0.533. The van der Waals surface area contributed by atoms with Crippen molar-refractivity contribution in [3.05, 3.63) is 35.4 Å². The fourth-order valence-electron chi connectivity index (χ4n) is 2.64. The summed E-state index contributed by atoms with van der Waals surface area (Å²) in [7, 11) is 1.88. The molecule has 2 unspecified atom stereocenters. The third-order valence-electron chi connectivity index (χ3n) is 3.91. The summed E-state index contributed by atoms with van der Waals surface area (Å²) < 4.78 is 0. The van der Waals surface area contributed by atoms with Crippen molar-refractivity contribution in [2.45, 2.75) is 19.9 Å². The lowest BCUT2D eigenvalue weighted by molar-refractivity contribution is 0.191. The van der Waals surface area contributed by atoms with Gasteiger partial charge in [-0.05, 0) is 30.5 Å². The first kappa shape index (κ1) is 13.9. The summed E-state index contributed by atoms with van der Waals surface area (Å²) in [4.78, 5) is 16.0. The average Bonchev–Trinajstić information content (AvgIpc) is 2.67. The smallest absolute Gasteiger partial charge is 0.320 e. The minimum Gasteiger partial charge on any atom is -0.330 e. The van der Waals surface area contributed by atoms with Crippen LogP contribution in [0.25, 0.3) is 0 Å².